The molecule has 1 fully saturated rings. The molecule has 4 N–H and O–H groups in total. The zero-order valence-corrected chi connectivity index (χ0v) is 20.3. The third-order valence-corrected chi connectivity index (χ3v) is 6.86. The van der Waals surface area contributed by atoms with Gasteiger partial charge in [0, 0.05) is 31.0 Å². The molecule has 1 aliphatic heterocycles. The number of carbonyl (C=O) groups is 1. The normalized spacial score (nSPS) is 16.4. The summed E-state index contributed by atoms with van der Waals surface area (Å²) in [5.41, 5.74) is 0.383. The number of hydrogen-bond acceptors (Lipinski definition) is 7. The maximum absolute atomic E-state index is 13.1. The van der Waals surface area contributed by atoms with E-state index in [1.807, 2.05) is 18.2 Å². The second-order valence-electron chi connectivity index (χ2n) is 9.53. The van der Waals surface area contributed by atoms with E-state index >= 15 is 0 Å². The summed E-state index contributed by atoms with van der Waals surface area (Å²) < 4.78 is 5.87. The zero-order chi connectivity index (χ0) is 25.7. The second kappa shape index (κ2) is 11.0. The van der Waals surface area contributed by atoms with Crippen LogP contribution < -0.4 is 10.7 Å². The number of aromatic hydroxyl groups is 2. The number of phenolic OH excluding ortho intramolecular Hbond substituents is 1. The molecule has 0 aliphatic carbocycles. The fourth-order valence-corrected chi connectivity index (χ4v) is 4.82. The highest BCUT2D eigenvalue weighted by atomic mass is 16.4. The lowest BCUT2D eigenvalue weighted by Crippen LogP contribution is -2.45. The van der Waals surface area contributed by atoms with Gasteiger partial charge in [0.05, 0.1) is 6.10 Å². The molecule has 1 atom stereocenters. The number of aliphatic hydroxyl groups is 1. The largest absolute Gasteiger partial charge is 0.508 e. The van der Waals surface area contributed by atoms with Crippen molar-refractivity contribution in [3.8, 4) is 11.5 Å². The van der Waals surface area contributed by atoms with Crippen molar-refractivity contribution in [1.82, 2.24) is 10.2 Å². The van der Waals surface area contributed by atoms with Crippen molar-refractivity contribution in [2.75, 3.05) is 19.6 Å². The van der Waals surface area contributed by atoms with E-state index in [9.17, 15) is 24.9 Å². The molecular weight excluding hydrogens is 460 g/mol. The van der Waals surface area contributed by atoms with Gasteiger partial charge in [-0.05, 0) is 56.1 Å². The Morgan fingerprint density at radius 2 is 1.75 bits per heavy atom. The second-order valence-corrected chi connectivity index (χ2v) is 9.53. The standard InChI is InChI=1S/C28H32N2O6/c1-19-15-23(32)26(35)27(36-19)28(11-13-30(14-12-28)18-20-5-3-2-4-6-20)16-25(34)29-17-24(33)21-7-9-22(31)10-8-21/h2-10,15,24,31,33,35H,11-14,16-18H2,1H3,(H,29,34). The Bertz CT molecular complexity index is 1230. The number of rotatable bonds is 8. The van der Waals surface area contributed by atoms with Crippen molar-refractivity contribution in [1.29, 1.82) is 0 Å². The minimum atomic E-state index is -0.941. The number of aliphatic hydroxyl groups excluding tert-OH is 1. The summed E-state index contributed by atoms with van der Waals surface area (Å²) in [5.74, 6) is -0.139. The topological polar surface area (TPSA) is 123 Å². The van der Waals surface area contributed by atoms with E-state index in [1.54, 1.807) is 19.1 Å². The number of likely N-dealkylation sites (tertiary alicyclic amines) is 1. The predicted octanol–water partition coefficient (Wildman–Crippen LogP) is 3.13. The molecule has 0 saturated carbocycles. The lowest BCUT2D eigenvalue weighted by Gasteiger charge is -2.41. The van der Waals surface area contributed by atoms with E-state index in [2.05, 4.69) is 22.3 Å². The van der Waals surface area contributed by atoms with Crippen LogP contribution >= 0.6 is 0 Å². The molecule has 3 aromatic rings. The molecule has 2 aromatic carbocycles. The molecule has 4 rings (SSSR count). The van der Waals surface area contributed by atoms with E-state index in [0.29, 0.717) is 37.3 Å². The van der Waals surface area contributed by atoms with E-state index in [0.717, 1.165) is 6.54 Å². The number of hydrogen-bond donors (Lipinski definition) is 4. The smallest absolute Gasteiger partial charge is 0.227 e. The lowest BCUT2D eigenvalue weighted by atomic mass is 9.72. The van der Waals surface area contributed by atoms with E-state index in [4.69, 9.17) is 4.42 Å². The molecule has 190 valence electrons. The highest BCUT2D eigenvalue weighted by molar-refractivity contribution is 5.77. The quantitative estimate of drug-likeness (QED) is 0.381. The highest BCUT2D eigenvalue weighted by Gasteiger charge is 2.43. The van der Waals surface area contributed by atoms with Gasteiger partial charge in [0.1, 0.15) is 11.5 Å². The van der Waals surface area contributed by atoms with Crippen LogP contribution in [0.2, 0.25) is 0 Å². The molecule has 1 amide bonds. The van der Waals surface area contributed by atoms with Gasteiger partial charge in [0.15, 0.2) is 5.76 Å². The van der Waals surface area contributed by atoms with Gasteiger partial charge in [0.2, 0.25) is 17.1 Å². The van der Waals surface area contributed by atoms with Crippen molar-refractivity contribution >= 4 is 5.91 Å². The van der Waals surface area contributed by atoms with Crippen molar-refractivity contribution in [3.05, 3.63) is 93.5 Å². The average molecular weight is 493 g/mol. The number of benzene rings is 2. The van der Waals surface area contributed by atoms with Gasteiger partial charge in [-0.1, -0.05) is 42.5 Å². The maximum atomic E-state index is 13.1. The van der Waals surface area contributed by atoms with Crippen LogP contribution in [0.3, 0.4) is 0 Å². The summed E-state index contributed by atoms with van der Waals surface area (Å²) in [7, 11) is 0. The van der Waals surface area contributed by atoms with Crippen LogP contribution in [0, 0.1) is 6.92 Å². The fourth-order valence-electron chi connectivity index (χ4n) is 4.82. The first-order valence-electron chi connectivity index (χ1n) is 12.1. The van der Waals surface area contributed by atoms with Gasteiger partial charge in [-0.2, -0.15) is 0 Å². The van der Waals surface area contributed by atoms with Crippen molar-refractivity contribution in [2.24, 2.45) is 0 Å². The van der Waals surface area contributed by atoms with Crippen LogP contribution in [0.25, 0.3) is 0 Å². The van der Waals surface area contributed by atoms with Gasteiger partial charge in [0.25, 0.3) is 0 Å². The average Bonchev–Trinajstić information content (AvgIpc) is 2.87. The molecule has 1 aliphatic rings. The van der Waals surface area contributed by atoms with Crippen molar-refractivity contribution in [2.45, 2.75) is 44.2 Å². The minimum absolute atomic E-state index is 0.00836. The van der Waals surface area contributed by atoms with Gasteiger partial charge in [-0.25, -0.2) is 0 Å². The summed E-state index contributed by atoms with van der Waals surface area (Å²) in [5, 5.41) is 33.3. The third kappa shape index (κ3) is 5.95. The molecule has 1 aromatic heterocycles. The highest BCUT2D eigenvalue weighted by Crippen LogP contribution is 2.42. The van der Waals surface area contributed by atoms with Crippen molar-refractivity contribution < 1.29 is 24.5 Å². The first-order chi connectivity index (χ1) is 17.3. The van der Waals surface area contributed by atoms with Gasteiger partial charge in [-0.3, -0.25) is 14.5 Å². The number of aryl methyl sites for hydroxylation is 1. The molecule has 8 nitrogen and oxygen atoms in total. The Hall–Kier alpha value is -3.62. The number of nitrogens with one attached hydrogen (secondary N) is 1. The zero-order valence-electron chi connectivity index (χ0n) is 20.3. The minimum Gasteiger partial charge on any atom is -0.508 e. The maximum Gasteiger partial charge on any atom is 0.227 e. The molecule has 2 heterocycles. The van der Waals surface area contributed by atoms with Crippen LogP contribution in [0.1, 0.15) is 48.0 Å². The Morgan fingerprint density at radius 3 is 2.42 bits per heavy atom. The summed E-state index contributed by atoms with van der Waals surface area (Å²) >= 11 is 0. The van der Waals surface area contributed by atoms with Gasteiger partial charge >= 0.3 is 0 Å². The van der Waals surface area contributed by atoms with Crippen LogP contribution in [0.4, 0.5) is 0 Å². The SMILES string of the molecule is Cc1cc(=O)c(O)c(C2(CC(=O)NCC(O)c3ccc(O)cc3)CCN(Cc3ccccc3)CC2)o1. The van der Waals surface area contributed by atoms with Crippen LogP contribution in [-0.4, -0.2) is 45.8 Å². The van der Waals surface area contributed by atoms with Crippen LogP contribution in [0.5, 0.6) is 11.5 Å². The Labute approximate surface area is 209 Å². The van der Waals surface area contributed by atoms with Crippen LogP contribution in [0.15, 0.2) is 69.9 Å². The third-order valence-electron chi connectivity index (χ3n) is 6.86. The van der Waals surface area contributed by atoms with Crippen LogP contribution in [-0.2, 0) is 16.8 Å². The summed E-state index contributed by atoms with van der Waals surface area (Å²) in [6, 6.07) is 17.5. The van der Waals surface area contributed by atoms with E-state index in [-0.39, 0.29) is 30.4 Å². The Morgan fingerprint density at radius 1 is 1.08 bits per heavy atom. The predicted molar refractivity (Wildman–Crippen MR) is 135 cm³/mol. The molecule has 36 heavy (non-hydrogen) atoms. The number of piperidine rings is 1. The molecule has 0 spiro atoms. The molecule has 0 bridgehead atoms. The Kier molecular flexibility index (Phi) is 7.76. The van der Waals surface area contributed by atoms with E-state index < -0.39 is 22.7 Å². The number of phenols is 1. The van der Waals surface area contributed by atoms with Gasteiger partial charge in [-0.15, -0.1) is 0 Å². The Balaban J connectivity index is 1.49. The monoisotopic (exact) mass is 492 g/mol. The fraction of sp³-hybridized carbons (Fsp3) is 0.357. The lowest BCUT2D eigenvalue weighted by molar-refractivity contribution is -0.123. The number of amides is 1. The first-order valence-corrected chi connectivity index (χ1v) is 12.1. The molecule has 8 heteroatoms. The summed E-state index contributed by atoms with van der Waals surface area (Å²) in [4.78, 5) is 27.7. The van der Waals surface area contributed by atoms with E-state index in [1.165, 1.54) is 23.8 Å². The summed E-state index contributed by atoms with van der Waals surface area (Å²) in [6.07, 6.45) is 0.110. The summed E-state index contributed by atoms with van der Waals surface area (Å²) in [6.45, 7) is 3.73. The molecule has 1 unspecified atom stereocenters. The van der Waals surface area contributed by atoms with Crippen molar-refractivity contribution in [3.63, 3.8) is 0 Å². The number of carbonyl (C=O) groups excluding carboxylic acids is 1. The number of nitrogens with zero attached hydrogens (tertiary/aromatic N) is 1. The molecule has 0 radical (unpaired) electrons. The first kappa shape index (κ1) is 25.5. The molecular formula is C28H32N2O6. The van der Waals surface area contributed by atoms with Gasteiger partial charge < -0.3 is 25.1 Å². The molecule has 1 saturated heterocycles.